The van der Waals surface area contributed by atoms with Crippen LogP contribution in [0.3, 0.4) is 0 Å². The molecular formula is C6H4Br2ClN. The van der Waals surface area contributed by atoms with Crippen molar-refractivity contribution in [3.63, 3.8) is 0 Å². The highest BCUT2D eigenvalue weighted by Crippen LogP contribution is 2.24. The fourth-order valence-corrected chi connectivity index (χ4v) is 2.05. The third-order valence-corrected chi connectivity index (χ3v) is 2.72. The summed E-state index contributed by atoms with van der Waals surface area (Å²) in [7, 11) is 0. The Morgan fingerprint density at radius 3 is 2.60 bits per heavy atom. The Balaban J connectivity index is 3.31. The Labute approximate surface area is 81.1 Å². The van der Waals surface area contributed by atoms with Gasteiger partial charge >= 0.3 is 0 Å². The molecule has 0 aliphatic heterocycles. The van der Waals surface area contributed by atoms with Gasteiger partial charge in [-0.25, -0.2) is 4.98 Å². The monoisotopic (exact) mass is 283 g/mol. The Morgan fingerprint density at radius 1 is 1.50 bits per heavy atom. The molecular weight excluding hydrogens is 281 g/mol. The van der Waals surface area contributed by atoms with Gasteiger partial charge in [0.15, 0.2) is 0 Å². The molecule has 1 nitrogen and oxygen atoms in total. The molecule has 54 valence electrons. The second kappa shape index (κ2) is 3.20. The largest absolute Gasteiger partial charge is 0.229 e. The molecule has 10 heavy (non-hydrogen) atoms. The van der Waals surface area contributed by atoms with Crippen LogP contribution in [0.4, 0.5) is 0 Å². The first kappa shape index (κ1) is 8.50. The molecule has 0 N–H and O–H groups in total. The summed E-state index contributed by atoms with van der Waals surface area (Å²) in [5.41, 5.74) is 0.963. The molecule has 0 bridgehead atoms. The van der Waals surface area contributed by atoms with Gasteiger partial charge in [-0.2, -0.15) is 0 Å². The Bertz CT molecular complexity index is 239. The topological polar surface area (TPSA) is 12.9 Å². The number of halogens is 3. The third kappa shape index (κ3) is 1.71. The van der Waals surface area contributed by atoms with E-state index in [4.69, 9.17) is 11.6 Å². The highest BCUT2D eigenvalue weighted by atomic mass is 79.9. The maximum absolute atomic E-state index is 5.75. The predicted octanol–water partition coefficient (Wildman–Crippen LogP) is 3.57. The summed E-state index contributed by atoms with van der Waals surface area (Å²) < 4.78 is 1.72. The van der Waals surface area contributed by atoms with Crippen LogP contribution in [-0.2, 0) is 0 Å². The fraction of sp³-hybridized carbons (Fsp3) is 0.167. The Kier molecular flexibility index (Phi) is 2.72. The van der Waals surface area contributed by atoms with Gasteiger partial charge in [-0.1, -0.05) is 27.5 Å². The van der Waals surface area contributed by atoms with Gasteiger partial charge in [-0.15, -0.1) is 0 Å². The summed E-state index contributed by atoms with van der Waals surface area (Å²) in [6, 6.07) is 1.86. The maximum Gasteiger partial charge on any atom is 0.134 e. The SMILES string of the molecule is Cc1c(Br)cc(Br)nc1Cl. The summed E-state index contributed by atoms with van der Waals surface area (Å²) in [6.45, 7) is 1.91. The quantitative estimate of drug-likeness (QED) is 0.664. The highest BCUT2D eigenvalue weighted by Gasteiger charge is 2.01. The first-order valence-corrected chi connectivity index (χ1v) is 4.56. The summed E-state index contributed by atoms with van der Waals surface area (Å²) in [4.78, 5) is 3.99. The van der Waals surface area contributed by atoms with Gasteiger partial charge in [0.25, 0.3) is 0 Å². The molecule has 0 saturated heterocycles. The molecule has 0 unspecified atom stereocenters. The van der Waals surface area contributed by atoms with Crippen molar-refractivity contribution in [2.45, 2.75) is 6.92 Å². The lowest BCUT2D eigenvalue weighted by Crippen LogP contribution is -1.83. The van der Waals surface area contributed by atoms with E-state index in [1.165, 1.54) is 0 Å². The molecule has 0 atom stereocenters. The molecule has 4 heteroatoms. The van der Waals surface area contributed by atoms with Crippen molar-refractivity contribution in [1.29, 1.82) is 0 Å². The van der Waals surface area contributed by atoms with Crippen molar-refractivity contribution < 1.29 is 0 Å². The minimum atomic E-state index is 0.529. The van der Waals surface area contributed by atoms with Crippen LogP contribution in [0, 0.1) is 6.92 Å². The van der Waals surface area contributed by atoms with Gasteiger partial charge < -0.3 is 0 Å². The van der Waals surface area contributed by atoms with Crippen LogP contribution < -0.4 is 0 Å². The second-order valence-electron chi connectivity index (χ2n) is 1.84. The molecule has 1 aromatic heterocycles. The van der Waals surface area contributed by atoms with Crippen molar-refractivity contribution in [2.24, 2.45) is 0 Å². The Hall–Kier alpha value is 0.400. The van der Waals surface area contributed by atoms with Crippen LogP contribution in [0.15, 0.2) is 15.1 Å². The van der Waals surface area contributed by atoms with Crippen LogP contribution in [0.5, 0.6) is 0 Å². The van der Waals surface area contributed by atoms with E-state index in [1.807, 2.05) is 13.0 Å². The average Bonchev–Trinajstić information content (AvgIpc) is 1.82. The van der Waals surface area contributed by atoms with Crippen LogP contribution in [-0.4, -0.2) is 4.98 Å². The van der Waals surface area contributed by atoms with Crippen molar-refractivity contribution >= 4 is 43.5 Å². The summed E-state index contributed by atoms with van der Waals surface area (Å²) >= 11 is 12.3. The van der Waals surface area contributed by atoms with Gasteiger partial charge in [0, 0.05) is 10.0 Å². The van der Waals surface area contributed by atoms with E-state index in [9.17, 15) is 0 Å². The van der Waals surface area contributed by atoms with Gasteiger partial charge in [0.1, 0.15) is 9.76 Å². The van der Waals surface area contributed by atoms with E-state index in [0.717, 1.165) is 14.6 Å². The molecule has 0 aliphatic carbocycles. The van der Waals surface area contributed by atoms with E-state index in [1.54, 1.807) is 0 Å². The van der Waals surface area contributed by atoms with E-state index in [-0.39, 0.29) is 0 Å². The van der Waals surface area contributed by atoms with Crippen LogP contribution in [0.1, 0.15) is 5.56 Å². The minimum Gasteiger partial charge on any atom is -0.229 e. The number of hydrogen-bond donors (Lipinski definition) is 0. The maximum atomic E-state index is 5.75. The first-order chi connectivity index (χ1) is 4.61. The zero-order valence-corrected chi connectivity index (χ0v) is 9.09. The van der Waals surface area contributed by atoms with E-state index in [0.29, 0.717) is 5.15 Å². The van der Waals surface area contributed by atoms with Crippen molar-refractivity contribution in [2.75, 3.05) is 0 Å². The summed E-state index contributed by atoms with van der Waals surface area (Å²) in [5, 5.41) is 0.529. The van der Waals surface area contributed by atoms with E-state index < -0.39 is 0 Å². The standard InChI is InChI=1S/C6H4Br2ClN/c1-3-4(7)2-5(8)10-6(3)9/h2H,1H3. The molecule has 0 radical (unpaired) electrons. The van der Waals surface area contributed by atoms with Crippen molar-refractivity contribution in [3.05, 3.63) is 25.9 Å². The van der Waals surface area contributed by atoms with Gasteiger partial charge in [-0.3, -0.25) is 0 Å². The smallest absolute Gasteiger partial charge is 0.134 e. The lowest BCUT2D eigenvalue weighted by Gasteiger charge is -1.99. The van der Waals surface area contributed by atoms with Gasteiger partial charge in [0.2, 0.25) is 0 Å². The van der Waals surface area contributed by atoms with E-state index in [2.05, 4.69) is 36.8 Å². The summed E-state index contributed by atoms with van der Waals surface area (Å²) in [6.07, 6.45) is 0. The molecule has 1 rings (SSSR count). The molecule has 0 aromatic carbocycles. The van der Waals surface area contributed by atoms with Crippen molar-refractivity contribution in [3.8, 4) is 0 Å². The zero-order valence-electron chi connectivity index (χ0n) is 5.16. The van der Waals surface area contributed by atoms with Gasteiger partial charge in [0.05, 0.1) is 0 Å². The number of aromatic nitrogens is 1. The van der Waals surface area contributed by atoms with E-state index >= 15 is 0 Å². The second-order valence-corrected chi connectivity index (χ2v) is 3.87. The molecule has 0 spiro atoms. The van der Waals surface area contributed by atoms with Crippen LogP contribution >= 0.6 is 43.5 Å². The minimum absolute atomic E-state index is 0.529. The molecule has 0 amide bonds. The third-order valence-electron chi connectivity index (χ3n) is 1.12. The number of pyridine rings is 1. The van der Waals surface area contributed by atoms with Gasteiger partial charge in [-0.05, 0) is 28.9 Å². The molecule has 1 heterocycles. The Morgan fingerprint density at radius 2 is 2.10 bits per heavy atom. The lowest BCUT2D eigenvalue weighted by atomic mass is 10.3. The van der Waals surface area contributed by atoms with Crippen LogP contribution in [0.2, 0.25) is 5.15 Å². The first-order valence-electron chi connectivity index (χ1n) is 2.59. The zero-order chi connectivity index (χ0) is 7.72. The number of hydrogen-bond acceptors (Lipinski definition) is 1. The molecule has 0 aliphatic rings. The predicted molar refractivity (Wildman–Crippen MR) is 49.4 cm³/mol. The molecule has 1 aromatic rings. The summed E-state index contributed by atoms with van der Waals surface area (Å²) in [5.74, 6) is 0. The van der Waals surface area contributed by atoms with Crippen LogP contribution in [0.25, 0.3) is 0 Å². The van der Waals surface area contributed by atoms with Crippen molar-refractivity contribution in [1.82, 2.24) is 4.98 Å². The average molecular weight is 285 g/mol. The molecule has 0 saturated carbocycles. The highest BCUT2D eigenvalue weighted by molar-refractivity contribution is 9.11. The number of rotatable bonds is 0. The fourth-order valence-electron chi connectivity index (χ4n) is 0.521. The normalized spacial score (nSPS) is 10.0. The number of nitrogens with zero attached hydrogens (tertiary/aromatic N) is 1. The lowest BCUT2D eigenvalue weighted by molar-refractivity contribution is 1.21. The molecule has 0 fully saturated rings.